The Morgan fingerprint density at radius 2 is 1.44 bits per heavy atom. The van der Waals surface area contributed by atoms with Crippen molar-refractivity contribution < 1.29 is 28.8 Å². The van der Waals surface area contributed by atoms with Gasteiger partial charge in [0, 0.05) is 29.9 Å². The van der Waals surface area contributed by atoms with E-state index in [4.69, 9.17) is 9.47 Å². The highest BCUT2D eigenvalue weighted by Crippen LogP contribution is 2.22. The van der Waals surface area contributed by atoms with Gasteiger partial charge in [0.1, 0.15) is 11.5 Å². The summed E-state index contributed by atoms with van der Waals surface area (Å²) in [6.07, 6.45) is -0.453. The van der Waals surface area contributed by atoms with Gasteiger partial charge in [0.2, 0.25) is 5.91 Å². The third kappa shape index (κ3) is 7.75. The number of benzene rings is 3. The van der Waals surface area contributed by atoms with Crippen LogP contribution in [-0.4, -0.2) is 29.3 Å². The van der Waals surface area contributed by atoms with Crippen molar-refractivity contribution in [2.75, 3.05) is 17.2 Å². The quantitative estimate of drug-likeness (QED) is 0.260. The Labute approximate surface area is 194 Å². The number of anilines is 2. The smallest absolute Gasteiger partial charge is 0.306 e. The minimum atomic E-state index is -0.726. The predicted molar refractivity (Wildman–Crippen MR) is 124 cm³/mol. The Bertz CT molecular complexity index is 1160. The van der Waals surface area contributed by atoms with Crippen LogP contribution in [0.15, 0.2) is 78.9 Å². The number of nitro groups is 1. The Hall–Kier alpha value is -4.73. The normalized spacial score (nSPS) is 10.1. The van der Waals surface area contributed by atoms with Crippen molar-refractivity contribution in [2.24, 2.45) is 0 Å². The molecule has 174 valence electrons. The van der Waals surface area contributed by atoms with E-state index >= 15 is 0 Å². The monoisotopic (exact) mass is 463 g/mol. The number of amides is 2. The third-order valence-corrected chi connectivity index (χ3v) is 4.38. The van der Waals surface area contributed by atoms with Crippen LogP contribution in [0.5, 0.6) is 11.5 Å². The fraction of sp³-hybridized carbons (Fsp3) is 0.125. The van der Waals surface area contributed by atoms with Crippen LogP contribution in [0.2, 0.25) is 0 Å². The molecule has 10 nitrogen and oxygen atoms in total. The summed E-state index contributed by atoms with van der Waals surface area (Å²) in [5, 5.41) is 15.8. The summed E-state index contributed by atoms with van der Waals surface area (Å²) in [6, 6.07) is 21.3. The average molecular weight is 463 g/mol. The molecule has 10 heteroatoms. The van der Waals surface area contributed by atoms with Crippen LogP contribution in [0.3, 0.4) is 0 Å². The lowest BCUT2D eigenvalue weighted by Gasteiger charge is -2.09. The zero-order valence-corrected chi connectivity index (χ0v) is 17.9. The molecule has 0 fully saturated rings. The molecule has 0 unspecified atom stereocenters. The lowest BCUT2D eigenvalue weighted by molar-refractivity contribution is -0.384. The van der Waals surface area contributed by atoms with Crippen LogP contribution in [0.1, 0.15) is 12.8 Å². The molecule has 0 saturated carbocycles. The van der Waals surface area contributed by atoms with E-state index in [1.54, 1.807) is 24.3 Å². The van der Waals surface area contributed by atoms with Crippen LogP contribution in [0.25, 0.3) is 0 Å². The number of esters is 1. The number of carbonyl (C=O) groups excluding carboxylic acids is 3. The number of hydrogen-bond acceptors (Lipinski definition) is 7. The lowest BCUT2D eigenvalue weighted by Crippen LogP contribution is -2.21. The molecule has 3 aromatic carbocycles. The lowest BCUT2D eigenvalue weighted by atomic mass is 10.2. The fourth-order valence-corrected chi connectivity index (χ4v) is 2.78. The van der Waals surface area contributed by atoms with E-state index < -0.39 is 29.3 Å². The molecular weight excluding hydrogens is 442 g/mol. The summed E-state index contributed by atoms with van der Waals surface area (Å²) in [4.78, 5) is 46.0. The van der Waals surface area contributed by atoms with Gasteiger partial charge in [0.15, 0.2) is 6.61 Å². The van der Waals surface area contributed by atoms with E-state index in [1.165, 1.54) is 24.3 Å². The van der Waals surface area contributed by atoms with Crippen LogP contribution >= 0.6 is 0 Å². The van der Waals surface area contributed by atoms with Gasteiger partial charge in [-0.15, -0.1) is 0 Å². The third-order valence-electron chi connectivity index (χ3n) is 4.38. The molecule has 0 aliphatic carbocycles. The SMILES string of the molecule is O=C(CCC(=O)OCC(=O)Nc1ccc(Oc2ccccc2)cc1)Nc1cccc([N+](=O)[O-])c1. The second kappa shape index (κ2) is 11.8. The molecule has 0 heterocycles. The Morgan fingerprint density at radius 3 is 2.15 bits per heavy atom. The summed E-state index contributed by atoms with van der Waals surface area (Å²) in [7, 11) is 0. The molecule has 34 heavy (non-hydrogen) atoms. The first kappa shape index (κ1) is 23.9. The number of hydrogen-bond donors (Lipinski definition) is 2. The molecule has 0 atom stereocenters. The minimum Gasteiger partial charge on any atom is -0.457 e. The van der Waals surface area contributed by atoms with E-state index in [0.717, 1.165) is 0 Å². The van der Waals surface area contributed by atoms with Crippen LogP contribution in [-0.2, 0) is 19.1 Å². The maximum absolute atomic E-state index is 12.0. The molecule has 2 N–H and O–H groups in total. The van der Waals surface area contributed by atoms with E-state index in [9.17, 15) is 24.5 Å². The van der Waals surface area contributed by atoms with Gasteiger partial charge in [0.05, 0.1) is 11.3 Å². The van der Waals surface area contributed by atoms with Crippen molar-refractivity contribution in [3.63, 3.8) is 0 Å². The Kier molecular flexibility index (Phi) is 8.28. The first-order valence-corrected chi connectivity index (χ1v) is 10.2. The van der Waals surface area contributed by atoms with Gasteiger partial charge in [0.25, 0.3) is 11.6 Å². The molecule has 2 amide bonds. The highest BCUT2D eigenvalue weighted by molar-refractivity contribution is 5.94. The van der Waals surface area contributed by atoms with Gasteiger partial charge in [-0.2, -0.15) is 0 Å². The maximum atomic E-state index is 12.0. The molecule has 3 aromatic rings. The molecule has 0 aromatic heterocycles. The van der Waals surface area contributed by atoms with Crippen molar-refractivity contribution in [1.82, 2.24) is 0 Å². The zero-order valence-electron chi connectivity index (χ0n) is 17.9. The molecule has 0 bridgehead atoms. The van der Waals surface area contributed by atoms with Crippen molar-refractivity contribution in [3.05, 3.63) is 89.0 Å². The van der Waals surface area contributed by atoms with E-state index in [-0.39, 0.29) is 24.2 Å². The zero-order chi connectivity index (χ0) is 24.3. The number of carbonyl (C=O) groups is 3. The number of nitro benzene ring substituents is 1. The second-order valence-electron chi connectivity index (χ2n) is 7.00. The summed E-state index contributed by atoms with van der Waals surface area (Å²) < 4.78 is 10.6. The topological polar surface area (TPSA) is 137 Å². The summed E-state index contributed by atoms with van der Waals surface area (Å²) in [5.74, 6) is -0.495. The Balaban J connectivity index is 1.36. The number of nitrogens with one attached hydrogen (secondary N) is 2. The van der Waals surface area contributed by atoms with E-state index in [0.29, 0.717) is 17.2 Å². The largest absolute Gasteiger partial charge is 0.457 e. The number of nitrogens with zero attached hydrogens (tertiary/aromatic N) is 1. The molecular formula is C24H21N3O7. The van der Waals surface area contributed by atoms with Crippen molar-refractivity contribution in [2.45, 2.75) is 12.8 Å². The number of non-ortho nitro benzene ring substituents is 1. The van der Waals surface area contributed by atoms with Crippen LogP contribution < -0.4 is 15.4 Å². The molecule has 0 aliphatic rings. The highest BCUT2D eigenvalue weighted by Gasteiger charge is 2.12. The van der Waals surface area contributed by atoms with Gasteiger partial charge in [-0.05, 0) is 42.5 Å². The first-order valence-electron chi connectivity index (χ1n) is 10.2. The number of para-hydroxylation sites is 1. The van der Waals surface area contributed by atoms with Gasteiger partial charge in [-0.3, -0.25) is 24.5 Å². The molecule has 0 aliphatic heterocycles. The fourth-order valence-electron chi connectivity index (χ4n) is 2.78. The first-order chi connectivity index (χ1) is 16.4. The van der Waals surface area contributed by atoms with Crippen LogP contribution in [0, 0.1) is 10.1 Å². The highest BCUT2D eigenvalue weighted by atomic mass is 16.6. The molecule has 0 saturated heterocycles. The Morgan fingerprint density at radius 1 is 0.765 bits per heavy atom. The summed E-state index contributed by atoms with van der Waals surface area (Å²) in [5.41, 5.74) is 0.575. The predicted octanol–water partition coefficient (Wildman–Crippen LogP) is 4.29. The van der Waals surface area contributed by atoms with Crippen molar-refractivity contribution in [1.29, 1.82) is 0 Å². The number of ether oxygens (including phenoxy) is 2. The summed E-state index contributed by atoms with van der Waals surface area (Å²) >= 11 is 0. The standard InChI is InChI=1S/C24H21N3O7/c28-22(26-18-5-4-6-19(15-18)27(31)32)13-14-24(30)33-16-23(29)25-17-9-11-21(12-10-17)34-20-7-2-1-3-8-20/h1-12,15H,13-14,16H2,(H,25,29)(H,26,28). The minimum absolute atomic E-state index is 0.165. The maximum Gasteiger partial charge on any atom is 0.306 e. The van der Waals surface area contributed by atoms with Gasteiger partial charge in [-0.1, -0.05) is 24.3 Å². The number of rotatable bonds is 10. The van der Waals surface area contributed by atoms with E-state index in [2.05, 4.69) is 10.6 Å². The second-order valence-corrected chi connectivity index (χ2v) is 7.00. The summed E-state index contributed by atoms with van der Waals surface area (Å²) in [6.45, 7) is -0.506. The molecule has 0 spiro atoms. The van der Waals surface area contributed by atoms with Crippen LogP contribution in [0.4, 0.5) is 17.1 Å². The van der Waals surface area contributed by atoms with Crippen molar-refractivity contribution in [3.8, 4) is 11.5 Å². The van der Waals surface area contributed by atoms with Gasteiger partial charge in [-0.25, -0.2) is 0 Å². The van der Waals surface area contributed by atoms with E-state index in [1.807, 2.05) is 30.3 Å². The molecule has 0 radical (unpaired) electrons. The average Bonchev–Trinajstić information content (AvgIpc) is 2.83. The van der Waals surface area contributed by atoms with Crippen molar-refractivity contribution >= 4 is 34.8 Å². The van der Waals surface area contributed by atoms with Gasteiger partial charge < -0.3 is 20.1 Å². The molecule has 3 rings (SSSR count). The van der Waals surface area contributed by atoms with Gasteiger partial charge >= 0.3 is 5.97 Å².